The van der Waals surface area contributed by atoms with Crippen LogP contribution in [0.4, 0.5) is 11.6 Å². The minimum atomic E-state index is -0.375. The first-order valence-corrected chi connectivity index (χ1v) is 15.9. The summed E-state index contributed by atoms with van der Waals surface area (Å²) < 4.78 is 1.49. The van der Waals surface area contributed by atoms with E-state index < -0.39 is 0 Å². The monoisotopic (exact) mass is 639 g/mol. The van der Waals surface area contributed by atoms with Gasteiger partial charge in [0.05, 0.1) is 23.0 Å². The molecule has 2 bridgehead atoms. The third kappa shape index (κ3) is 5.87. The number of aliphatic hydroxyl groups excluding tert-OH is 1. The Balaban J connectivity index is 1.29. The number of β-amino-alcohol motifs (C(OH)–C–C–N with tert-alkyl or cyclic N) is 1. The SMILES string of the molecule is CC(=O)NNc1nc2cc(NC(=NC3CC4CC(C3C)C4(C)C)N3CC(O)C3)ccc2c(=O)n1CCc1ccc(Cl)cc1Cl. The van der Waals surface area contributed by atoms with Gasteiger partial charge in [-0.25, -0.2) is 9.98 Å². The number of amides is 1. The number of anilines is 2. The van der Waals surface area contributed by atoms with Crippen LogP contribution in [-0.2, 0) is 17.8 Å². The lowest BCUT2D eigenvalue weighted by molar-refractivity contribution is -0.118. The molecule has 44 heavy (non-hydrogen) atoms. The summed E-state index contributed by atoms with van der Waals surface area (Å²) in [5.74, 6) is 2.43. The van der Waals surface area contributed by atoms with E-state index in [2.05, 4.69) is 41.8 Å². The first-order chi connectivity index (χ1) is 20.9. The number of carbonyl (C=O) groups excluding carboxylic acids is 1. The van der Waals surface area contributed by atoms with Crippen molar-refractivity contribution in [2.45, 2.75) is 65.6 Å². The van der Waals surface area contributed by atoms with Gasteiger partial charge in [0.15, 0.2) is 5.96 Å². The van der Waals surface area contributed by atoms with Crippen LogP contribution in [0.2, 0.25) is 10.0 Å². The smallest absolute Gasteiger partial charge is 0.262 e. The minimum Gasteiger partial charge on any atom is -0.389 e. The van der Waals surface area contributed by atoms with Gasteiger partial charge in [-0.2, -0.15) is 0 Å². The van der Waals surface area contributed by atoms with Crippen molar-refractivity contribution in [2.75, 3.05) is 23.8 Å². The van der Waals surface area contributed by atoms with Crippen molar-refractivity contribution in [1.82, 2.24) is 19.9 Å². The van der Waals surface area contributed by atoms with E-state index in [4.69, 9.17) is 33.2 Å². The maximum atomic E-state index is 13.7. The number of rotatable bonds is 7. The maximum Gasteiger partial charge on any atom is 0.262 e. The van der Waals surface area contributed by atoms with E-state index >= 15 is 0 Å². The van der Waals surface area contributed by atoms with E-state index in [-0.39, 0.29) is 36.1 Å². The van der Waals surface area contributed by atoms with E-state index in [1.807, 2.05) is 18.2 Å². The van der Waals surface area contributed by atoms with E-state index in [9.17, 15) is 14.7 Å². The molecule has 4 aliphatic rings. The van der Waals surface area contributed by atoms with Crippen molar-refractivity contribution in [3.05, 3.63) is 62.4 Å². The molecule has 234 valence electrons. The van der Waals surface area contributed by atoms with Crippen molar-refractivity contribution < 1.29 is 9.90 Å². The molecular formula is C32H39Cl2N7O3. The van der Waals surface area contributed by atoms with Crippen molar-refractivity contribution in [2.24, 2.45) is 28.2 Å². The summed E-state index contributed by atoms with van der Waals surface area (Å²) in [4.78, 5) is 37.4. The molecule has 3 aliphatic carbocycles. The molecule has 4 atom stereocenters. The lowest BCUT2D eigenvalue weighted by Crippen LogP contribution is -2.58. The van der Waals surface area contributed by atoms with Crippen LogP contribution in [0, 0.1) is 23.2 Å². The highest BCUT2D eigenvalue weighted by Crippen LogP contribution is 2.61. The Hall–Kier alpha value is -3.34. The quantitative estimate of drug-likeness (QED) is 0.164. The fourth-order valence-corrected chi connectivity index (χ4v) is 7.61. The summed E-state index contributed by atoms with van der Waals surface area (Å²) in [5.41, 5.74) is 7.48. The Morgan fingerprint density at radius 3 is 2.59 bits per heavy atom. The molecule has 4 unspecified atom stereocenters. The summed E-state index contributed by atoms with van der Waals surface area (Å²) in [6.07, 6.45) is 2.42. The molecule has 4 fully saturated rings. The van der Waals surface area contributed by atoms with Gasteiger partial charge in [-0.05, 0) is 78.3 Å². The molecule has 3 aromatic rings. The van der Waals surface area contributed by atoms with E-state index in [0.717, 1.165) is 23.6 Å². The summed E-state index contributed by atoms with van der Waals surface area (Å²) in [7, 11) is 0. The number of nitrogens with zero attached hydrogens (tertiary/aromatic N) is 4. The third-order valence-corrected chi connectivity index (χ3v) is 10.5. The van der Waals surface area contributed by atoms with Gasteiger partial charge < -0.3 is 15.3 Å². The zero-order valence-electron chi connectivity index (χ0n) is 25.4. The number of guanidine groups is 1. The van der Waals surface area contributed by atoms with Gasteiger partial charge in [-0.3, -0.25) is 25.0 Å². The number of carbonyl (C=O) groups is 1. The number of aromatic nitrogens is 2. The summed E-state index contributed by atoms with van der Waals surface area (Å²) >= 11 is 12.4. The molecule has 1 saturated heterocycles. The fraction of sp³-hybridized carbons (Fsp3) is 0.500. The number of aliphatic imine (C=N–C) groups is 1. The number of hydrazine groups is 1. The lowest BCUT2D eigenvalue weighted by atomic mass is 9.45. The number of fused-ring (bicyclic) bond motifs is 3. The number of halogens is 2. The van der Waals surface area contributed by atoms with Crippen LogP contribution in [0.5, 0.6) is 0 Å². The van der Waals surface area contributed by atoms with Gasteiger partial charge in [-0.15, -0.1) is 0 Å². The van der Waals surface area contributed by atoms with Crippen LogP contribution in [0.25, 0.3) is 10.9 Å². The standard InChI is InChI=1S/C32H39Cl2N7O3/c1-17-25-11-20(32(25,3)4)12-27(17)36-30(40-15-23(43)16-40)35-22-7-8-24-28(14-22)37-31(39-38-18(2)42)41(29(24)44)10-9-19-5-6-21(33)13-26(19)34/h5-8,13-14,17,20,23,25,27,43H,9-12,15-16H2,1-4H3,(H,35,36)(H,37,39)(H,38,42). The predicted octanol–water partition coefficient (Wildman–Crippen LogP) is 4.92. The van der Waals surface area contributed by atoms with Crippen molar-refractivity contribution >= 4 is 57.6 Å². The highest BCUT2D eigenvalue weighted by molar-refractivity contribution is 6.35. The zero-order valence-corrected chi connectivity index (χ0v) is 26.9. The van der Waals surface area contributed by atoms with Crippen LogP contribution < -0.4 is 21.7 Å². The second-order valence-corrected chi connectivity index (χ2v) is 13.9. The number of likely N-dealkylation sites (tertiary alicyclic amines) is 1. The van der Waals surface area contributed by atoms with Crippen molar-refractivity contribution in [1.29, 1.82) is 0 Å². The van der Waals surface area contributed by atoms with E-state index in [1.165, 1.54) is 17.9 Å². The lowest BCUT2D eigenvalue weighted by Gasteiger charge is -2.61. The molecule has 1 aliphatic heterocycles. The molecule has 0 spiro atoms. The third-order valence-electron chi connectivity index (χ3n) is 9.95. The molecule has 0 radical (unpaired) electrons. The van der Waals surface area contributed by atoms with E-state index in [0.29, 0.717) is 63.6 Å². The average molecular weight is 641 g/mol. The molecule has 7 rings (SSSR count). The van der Waals surface area contributed by atoms with Gasteiger partial charge >= 0.3 is 0 Å². The number of nitrogens with one attached hydrogen (secondary N) is 3. The van der Waals surface area contributed by atoms with Gasteiger partial charge in [0.25, 0.3) is 5.56 Å². The molecule has 10 nitrogen and oxygen atoms in total. The highest BCUT2D eigenvalue weighted by atomic mass is 35.5. The Kier molecular flexibility index (Phi) is 8.28. The highest BCUT2D eigenvalue weighted by Gasteiger charge is 2.56. The normalized spacial score (nSPS) is 24.4. The maximum absolute atomic E-state index is 13.7. The molecular weight excluding hydrogens is 601 g/mol. The number of benzene rings is 2. The van der Waals surface area contributed by atoms with Crippen LogP contribution in [0.3, 0.4) is 0 Å². The minimum absolute atomic E-state index is 0.206. The molecule has 2 heterocycles. The van der Waals surface area contributed by atoms with Gasteiger partial charge in [0.2, 0.25) is 11.9 Å². The largest absolute Gasteiger partial charge is 0.389 e. The number of hydrogen-bond acceptors (Lipinski definition) is 6. The van der Waals surface area contributed by atoms with E-state index in [1.54, 1.807) is 18.2 Å². The molecule has 2 aromatic carbocycles. The average Bonchev–Trinajstić information content (AvgIpc) is 2.95. The van der Waals surface area contributed by atoms with Gasteiger partial charge in [0.1, 0.15) is 0 Å². The summed E-state index contributed by atoms with van der Waals surface area (Å²) in [5, 5.41) is 15.0. The number of hydrogen-bond donors (Lipinski definition) is 4. The molecule has 1 amide bonds. The first-order valence-electron chi connectivity index (χ1n) is 15.2. The van der Waals surface area contributed by atoms with Crippen molar-refractivity contribution in [3.8, 4) is 0 Å². The summed E-state index contributed by atoms with van der Waals surface area (Å²) in [6, 6.07) is 10.9. The molecule has 12 heteroatoms. The Labute approximate surface area is 266 Å². The first kappa shape index (κ1) is 30.7. The summed E-state index contributed by atoms with van der Waals surface area (Å²) in [6.45, 7) is 9.76. The number of aryl methyl sites for hydroxylation is 1. The van der Waals surface area contributed by atoms with Crippen LogP contribution in [0.15, 0.2) is 46.2 Å². The predicted molar refractivity (Wildman–Crippen MR) is 175 cm³/mol. The Morgan fingerprint density at radius 1 is 1.16 bits per heavy atom. The zero-order chi connectivity index (χ0) is 31.3. The topological polar surface area (TPSA) is 124 Å². The number of aliphatic hydroxyl groups is 1. The van der Waals surface area contributed by atoms with Crippen LogP contribution >= 0.6 is 23.2 Å². The molecule has 4 N–H and O–H groups in total. The Morgan fingerprint density at radius 2 is 1.93 bits per heavy atom. The second kappa shape index (κ2) is 11.9. The van der Waals surface area contributed by atoms with Crippen LogP contribution in [-0.4, -0.2) is 56.7 Å². The van der Waals surface area contributed by atoms with Gasteiger partial charge in [-0.1, -0.05) is 50.0 Å². The molecule has 1 aromatic heterocycles. The second-order valence-electron chi connectivity index (χ2n) is 13.1. The van der Waals surface area contributed by atoms with Crippen molar-refractivity contribution in [3.63, 3.8) is 0 Å². The fourth-order valence-electron chi connectivity index (χ4n) is 7.10. The van der Waals surface area contributed by atoms with Crippen LogP contribution in [0.1, 0.15) is 46.1 Å². The van der Waals surface area contributed by atoms with Gasteiger partial charge in [0, 0.05) is 42.3 Å². The molecule has 3 saturated carbocycles. The Bertz CT molecular complexity index is 1680.